The first-order chi connectivity index (χ1) is 8.07. The maximum atomic E-state index is 11.9. The second-order valence-electron chi connectivity index (χ2n) is 4.56. The van der Waals surface area contributed by atoms with Gasteiger partial charge in [-0.2, -0.15) is 13.2 Å². The van der Waals surface area contributed by atoms with E-state index in [-0.39, 0.29) is 0 Å². The summed E-state index contributed by atoms with van der Waals surface area (Å²) in [5.41, 5.74) is 0. The van der Waals surface area contributed by atoms with Gasteiger partial charge in [-0.3, -0.25) is 9.78 Å². The van der Waals surface area contributed by atoms with Crippen molar-refractivity contribution in [3.8, 4) is 0 Å². The molecule has 0 saturated carbocycles. The minimum absolute atomic E-state index is 0.812. The second-order valence-corrected chi connectivity index (χ2v) is 9.57. The smallest absolute Gasteiger partial charge is 0.365 e. The lowest BCUT2D eigenvalue weighted by Crippen LogP contribution is -2.51. The summed E-state index contributed by atoms with van der Waals surface area (Å²) >= 11 is 0. The van der Waals surface area contributed by atoms with E-state index in [9.17, 15) is 18.0 Å². The third-order valence-electron chi connectivity index (χ3n) is 2.12. The minimum Gasteiger partial charge on any atom is -0.365 e. The van der Waals surface area contributed by atoms with Crippen LogP contribution >= 0.6 is 0 Å². The SMILES string of the molecule is CN(C(=O)C(F)(F)F)[Si](C)(C)C.c1ccncc1. The standard InChI is InChI=1S/C6H12F3NOSi.C5H5N/c1-10(12(2,3)4)5(11)6(7,8)9;1-2-4-6-5-3-1/h1-4H3;1-5H. The molecule has 0 aliphatic heterocycles. The number of hydrogen-bond acceptors (Lipinski definition) is 2. The quantitative estimate of drug-likeness (QED) is 0.740. The van der Waals surface area contributed by atoms with Crippen LogP contribution in [0.5, 0.6) is 0 Å². The van der Waals surface area contributed by atoms with E-state index < -0.39 is 20.3 Å². The fourth-order valence-corrected chi connectivity index (χ4v) is 1.54. The molecule has 0 N–H and O–H groups in total. The van der Waals surface area contributed by atoms with Gasteiger partial charge in [0.1, 0.15) is 0 Å². The number of amides is 1. The van der Waals surface area contributed by atoms with Crippen LogP contribution in [0.4, 0.5) is 13.2 Å². The first-order valence-electron chi connectivity index (χ1n) is 5.27. The molecule has 0 aliphatic rings. The molecule has 0 fully saturated rings. The molecule has 1 rings (SSSR count). The molecule has 0 bridgehead atoms. The molecule has 102 valence electrons. The van der Waals surface area contributed by atoms with Crippen molar-refractivity contribution in [2.45, 2.75) is 25.8 Å². The molecule has 0 saturated heterocycles. The summed E-state index contributed by atoms with van der Waals surface area (Å²) in [6.45, 7) is 5.03. The van der Waals surface area contributed by atoms with Crippen LogP contribution in [0.1, 0.15) is 0 Å². The minimum atomic E-state index is -4.74. The molecule has 1 aromatic heterocycles. The van der Waals surface area contributed by atoms with Crippen LogP contribution in [0.3, 0.4) is 0 Å². The molecule has 0 unspecified atom stereocenters. The predicted octanol–water partition coefficient (Wildman–Crippen LogP) is 2.92. The molecule has 0 aromatic carbocycles. The Kier molecular flexibility index (Phi) is 6.03. The Labute approximate surface area is 106 Å². The van der Waals surface area contributed by atoms with Gasteiger partial charge in [0.15, 0.2) is 8.24 Å². The third kappa shape index (κ3) is 6.38. The number of nitrogens with zero attached hydrogens (tertiary/aromatic N) is 2. The summed E-state index contributed by atoms with van der Waals surface area (Å²) in [4.78, 5) is 14.4. The van der Waals surface area contributed by atoms with Crippen molar-refractivity contribution in [3.05, 3.63) is 30.6 Å². The largest absolute Gasteiger partial charge is 0.470 e. The number of aromatic nitrogens is 1. The van der Waals surface area contributed by atoms with E-state index in [2.05, 4.69) is 4.98 Å². The molecular weight excluding hydrogens is 261 g/mol. The van der Waals surface area contributed by atoms with Crippen LogP contribution < -0.4 is 0 Å². The van der Waals surface area contributed by atoms with Gasteiger partial charge in [-0.25, -0.2) is 0 Å². The van der Waals surface area contributed by atoms with Crippen molar-refractivity contribution in [2.24, 2.45) is 0 Å². The predicted molar refractivity (Wildman–Crippen MR) is 66.4 cm³/mol. The Morgan fingerprint density at radius 2 is 1.56 bits per heavy atom. The van der Waals surface area contributed by atoms with E-state index >= 15 is 0 Å². The summed E-state index contributed by atoms with van der Waals surface area (Å²) in [6, 6.07) is 5.72. The number of carbonyl (C=O) groups excluding carboxylic acids is 1. The highest BCUT2D eigenvalue weighted by atomic mass is 28.3. The van der Waals surface area contributed by atoms with Crippen LogP contribution in [0.15, 0.2) is 30.6 Å². The fourth-order valence-electron chi connectivity index (χ4n) is 0.807. The Morgan fingerprint density at radius 1 is 1.11 bits per heavy atom. The Balaban J connectivity index is 0.000000397. The van der Waals surface area contributed by atoms with E-state index in [0.29, 0.717) is 0 Å². The number of carbonyl (C=O) groups is 1. The molecule has 7 heteroatoms. The van der Waals surface area contributed by atoms with Crippen molar-refractivity contribution < 1.29 is 18.0 Å². The molecule has 3 nitrogen and oxygen atoms in total. The highest BCUT2D eigenvalue weighted by Gasteiger charge is 2.44. The van der Waals surface area contributed by atoms with Gasteiger partial charge in [0.2, 0.25) is 0 Å². The maximum absolute atomic E-state index is 11.9. The lowest BCUT2D eigenvalue weighted by molar-refractivity contribution is -0.179. The highest BCUT2D eigenvalue weighted by Crippen LogP contribution is 2.20. The van der Waals surface area contributed by atoms with Gasteiger partial charge in [0, 0.05) is 19.4 Å². The molecular formula is C11H17F3N2OSi. The molecule has 18 heavy (non-hydrogen) atoms. The number of pyridine rings is 1. The van der Waals surface area contributed by atoms with Crippen LogP contribution in [-0.2, 0) is 4.79 Å². The van der Waals surface area contributed by atoms with Gasteiger partial charge in [-0.1, -0.05) is 25.7 Å². The van der Waals surface area contributed by atoms with Crippen molar-refractivity contribution in [1.82, 2.24) is 9.55 Å². The molecule has 1 amide bonds. The van der Waals surface area contributed by atoms with E-state index in [1.54, 1.807) is 32.0 Å². The summed E-state index contributed by atoms with van der Waals surface area (Å²) in [7, 11) is -0.973. The second kappa shape index (κ2) is 6.53. The first-order valence-corrected chi connectivity index (χ1v) is 8.71. The van der Waals surface area contributed by atoms with Crippen LogP contribution in [0.2, 0.25) is 19.6 Å². The van der Waals surface area contributed by atoms with Gasteiger partial charge >= 0.3 is 12.1 Å². The maximum Gasteiger partial charge on any atom is 0.470 e. The van der Waals surface area contributed by atoms with Crippen molar-refractivity contribution >= 4 is 14.1 Å². The van der Waals surface area contributed by atoms with Crippen LogP contribution in [0.25, 0.3) is 0 Å². The van der Waals surface area contributed by atoms with Crippen LogP contribution in [-0.4, -0.2) is 36.9 Å². The summed E-state index contributed by atoms with van der Waals surface area (Å²) in [6.07, 6.45) is -1.24. The highest BCUT2D eigenvalue weighted by molar-refractivity contribution is 6.75. The molecule has 1 heterocycles. The molecule has 1 aromatic rings. The zero-order valence-corrected chi connectivity index (χ0v) is 11.8. The average molecular weight is 278 g/mol. The third-order valence-corrected chi connectivity index (χ3v) is 4.34. The molecule has 0 spiro atoms. The van der Waals surface area contributed by atoms with Gasteiger partial charge in [0.25, 0.3) is 0 Å². The fraction of sp³-hybridized carbons (Fsp3) is 0.455. The van der Waals surface area contributed by atoms with Crippen molar-refractivity contribution in [1.29, 1.82) is 0 Å². The van der Waals surface area contributed by atoms with E-state index in [4.69, 9.17) is 0 Å². The normalized spacial score (nSPS) is 11.3. The first kappa shape index (κ1) is 16.6. The summed E-state index contributed by atoms with van der Waals surface area (Å²) in [5.74, 6) is -1.75. The van der Waals surface area contributed by atoms with E-state index in [1.165, 1.54) is 7.05 Å². The summed E-state index contributed by atoms with van der Waals surface area (Å²) < 4.78 is 36.4. The Morgan fingerprint density at radius 3 is 1.67 bits per heavy atom. The van der Waals surface area contributed by atoms with Crippen molar-refractivity contribution in [3.63, 3.8) is 0 Å². The topological polar surface area (TPSA) is 33.2 Å². The lowest BCUT2D eigenvalue weighted by atomic mass is 10.5. The molecule has 0 atom stereocenters. The number of rotatable bonds is 1. The number of halogens is 3. The number of alkyl halides is 3. The van der Waals surface area contributed by atoms with E-state index in [1.807, 2.05) is 18.2 Å². The van der Waals surface area contributed by atoms with E-state index in [0.717, 1.165) is 4.57 Å². The monoisotopic (exact) mass is 278 g/mol. The van der Waals surface area contributed by atoms with Gasteiger partial charge < -0.3 is 4.57 Å². The summed E-state index contributed by atoms with van der Waals surface area (Å²) in [5, 5.41) is 0. The lowest BCUT2D eigenvalue weighted by Gasteiger charge is -2.30. The molecule has 0 aliphatic carbocycles. The van der Waals surface area contributed by atoms with Gasteiger partial charge in [-0.05, 0) is 12.1 Å². The Bertz CT molecular complexity index is 336. The van der Waals surface area contributed by atoms with Gasteiger partial charge in [-0.15, -0.1) is 0 Å². The zero-order chi connectivity index (χ0) is 14.4. The average Bonchev–Trinajstić information content (AvgIpc) is 2.28. The number of hydrogen-bond donors (Lipinski definition) is 0. The molecule has 0 radical (unpaired) electrons. The van der Waals surface area contributed by atoms with Crippen LogP contribution in [0, 0.1) is 0 Å². The Hall–Kier alpha value is -1.37. The zero-order valence-electron chi connectivity index (χ0n) is 10.8. The van der Waals surface area contributed by atoms with Gasteiger partial charge in [0.05, 0.1) is 0 Å². The van der Waals surface area contributed by atoms with Crippen molar-refractivity contribution in [2.75, 3.05) is 7.05 Å².